The van der Waals surface area contributed by atoms with Crippen LogP contribution < -0.4 is 4.89 Å². The summed E-state index contributed by atoms with van der Waals surface area (Å²) in [5.74, 6) is -0.814. The molecule has 0 aliphatic carbocycles. The van der Waals surface area contributed by atoms with Crippen molar-refractivity contribution in [3.05, 3.63) is 97.2 Å². The third-order valence-corrected chi connectivity index (χ3v) is 19.1. The fourth-order valence-corrected chi connectivity index (χ4v) is 12.6. The Morgan fingerprint density at radius 1 is 0.333 bits per heavy atom. The monoisotopic (exact) mass is 1360 g/mol. The second-order valence-electron chi connectivity index (χ2n) is 28.8. The van der Waals surface area contributed by atoms with Gasteiger partial charge in [0.1, 0.15) is 19.8 Å². The number of carbonyl (C=O) groups is 2. The highest BCUT2D eigenvalue weighted by Gasteiger charge is 2.22. The van der Waals surface area contributed by atoms with E-state index in [2.05, 4.69) is 111 Å². The van der Waals surface area contributed by atoms with Crippen LogP contribution in [0.1, 0.15) is 386 Å². The lowest BCUT2D eigenvalue weighted by Crippen LogP contribution is -2.37. The van der Waals surface area contributed by atoms with E-state index in [4.69, 9.17) is 18.5 Å². The highest BCUT2D eigenvalue weighted by Crippen LogP contribution is 2.38. The number of likely N-dealkylation sites (N-methyl/N-ethyl adjacent to an activating group) is 1. The number of quaternary nitrogens is 1. The lowest BCUT2D eigenvalue weighted by atomic mass is 10.0. The topological polar surface area (TPSA) is 111 Å². The number of phosphoric ester groups is 1. The van der Waals surface area contributed by atoms with Gasteiger partial charge in [0.15, 0.2) is 6.10 Å². The lowest BCUT2D eigenvalue weighted by molar-refractivity contribution is -0.870. The normalized spacial score (nSPS) is 13.5. The van der Waals surface area contributed by atoms with Gasteiger partial charge >= 0.3 is 11.9 Å². The maximum Gasteiger partial charge on any atom is 0.306 e. The van der Waals surface area contributed by atoms with Crippen LogP contribution in [0.4, 0.5) is 0 Å². The Bertz CT molecular complexity index is 1940. The molecule has 0 bridgehead atoms. The summed E-state index contributed by atoms with van der Waals surface area (Å²) in [4.78, 5) is 38.2. The van der Waals surface area contributed by atoms with Crippen molar-refractivity contribution in [2.24, 2.45) is 0 Å². The number of carbonyl (C=O) groups excluding carboxylic acids is 2. The van der Waals surface area contributed by atoms with Crippen LogP contribution >= 0.6 is 7.82 Å². The first-order chi connectivity index (χ1) is 47.0. The molecule has 0 heterocycles. The number of rotatable bonds is 76. The molecular weight excluding hydrogens is 1210 g/mol. The van der Waals surface area contributed by atoms with Gasteiger partial charge in [0.2, 0.25) is 0 Å². The Morgan fingerprint density at radius 2 is 0.594 bits per heavy atom. The summed E-state index contributed by atoms with van der Waals surface area (Å²) in [5, 5.41) is 0. The molecule has 558 valence electrons. The molecule has 9 nitrogen and oxygen atoms in total. The molecule has 0 aromatic carbocycles. The average molecular weight is 1360 g/mol. The van der Waals surface area contributed by atoms with Crippen molar-refractivity contribution in [2.45, 2.75) is 392 Å². The quantitative estimate of drug-likeness (QED) is 0.0195. The maximum absolute atomic E-state index is 12.9. The van der Waals surface area contributed by atoms with Crippen LogP contribution in [0.15, 0.2) is 97.2 Å². The molecule has 0 aliphatic rings. The number of unbranched alkanes of at least 4 members (excludes halogenated alkanes) is 46. The molecule has 0 spiro atoms. The number of nitrogens with zero attached hydrogens (tertiary/aromatic N) is 1. The average Bonchev–Trinajstić information content (AvgIpc) is 1.98. The smallest absolute Gasteiger partial charge is 0.306 e. The van der Waals surface area contributed by atoms with Crippen molar-refractivity contribution in [3.63, 3.8) is 0 Å². The van der Waals surface area contributed by atoms with Gasteiger partial charge in [-0.1, -0.05) is 374 Å². The summed E-state index contributed by atoms with van der Waals surface area (Å²) in [7, 11) is 1.18. The lowest BCUT2D eigenvalue weighted by Gasteiger charge is -2.28. The zero-order valence-electron chi connectivity index (χ0n) is 63.8. The molecule has 0 saturated carbocycles. The van der Waals surface area contributed by atoms with E-state index in [0.717, 1.165) is 83.5 Å². The third kappa shape index (κ3) is 79.9. The Balaban J connectivity index is 3.92. The molecule has 0 saturated heterocycles. The van der Waals surface area contributed by atoms with E-state index in [9.17, 15) is 19.0 Å². The third-order valence-electron chi connectivity index (χ3n) is 18.1. The molecule has 0 aliphatic heterocycles. The van der Waals surface area contributed by atoms with Crippen LogP contribution in [-0.4, -0.2) is 70.0 Å². The SMILES string of the molecule is CC/C=C\C/C=C\C/C=C\C/C=C\C/C=C\C/C=C\CCCCCCCCCCCCCCCCCCCCCCC(=O)OC(COC(=O)CCCCCCCCCCCCCCCCCCCCCCC/C=C\C/C=C\CCCCCCC)COP(=O)([O-])OCC[N+](C)(C)C. The minimum Gasteiger partial charge on any atom is -0.756 e. The van der Waals surface area contributed by atoms with E-state index in [0.29, 0.717) is 17.4 Å². The van der Waals surface area contributed by atoms with E-state index < -0.39 is 26.5 Å². The molecule has 0 fully saturated rings. The van der Waals surface area contributed by atoms with Gasteiger partial charge in [-0.25, -0.2) is 0 Å². The minimum atomic E-state index is -4.65. The predicted octanol–water partition coefficient (Wildman–Crippen LogP) is 26.8. The molecular formula is C86H156NO8P. The number of ether oxygens (including phenoxy) is 2. The molecule has 2 atom stereocenters. The highest BCUT2D eigenvalue weighted by molar-refractivity contribution is 7.45. The van der Waals surface area contributed by atoms with E-state index in [1.54, 1.807) is 0 Å². The molecule has 0 amide bonds. The van der Waals surface area contributed by atoms with Crippen LogP contribution in [0.5, 0.6) is 0 Å². The van der Waals surface area contributed by atoms with Gasteiger partial charge in [-0.05, 0) is 96.3 Å². The van der Waals surface area contributed by atoms with E-state index in [1.165, 1.54) is 270 Å². The Labute approximate surface area is 595 Å². The predicted molar refractivity (Wildman–Crippen MR) is 416 cm³/mol. The second-order valence-corrected chi connectivity index (χ2v) is 30.2. The maximum atomic E-state index is 12.9. The number of phosphoric acid groups is 1. The molecule has 0 radical (unpaired) electrons. The van der Waals surface area contributed by atoms with Crippen LogP contribution in [0.25, 0.3) is 0 Å². The summed E-state index contributed by atoms with van der Waals surface area (Å²) in [5.41, 5.74) is 0. The first-order valence-electron chi connectivity index (χ1n) is 40.9. The summed E-state index contributed by atoms with van der Waals surface area (Å²) < 4.78 is 34.4. The number of hydrogen-bond donors (Lipinski definition) is 0. The fraction of sp³-hybridized carbons (Fsp3) is 0.791. The van der Waals surface area contributed by atoms with Crippen LogP contribution in [0.3, 0.4) is 0 Å². The number of allylic oxidation sites excluding steroid dienone is 16. The van der Waals surface area contributed by atoms with Gasteiger partial charge in [-0.3, -0.25) is 14.2 Å². The van der Waals surface area contributed by atoms with Gasteiger partial charge in [-0.2, -0.15) is 0 Å². The summed E-state index contributed by atoms with van der Waals surface area (Å²) >= 11 is 0. The molecule has 10 heteroatoms. The molecule has 0 rings (SSSR count). The Kier molecular flexibility index (Phi) is 73.7. The second kappa shape index (κ2) is 76.1. The molecule has 0 aromatic rings. The summed E-state index contributed by atoms with van der Waals surface area (Å²) in [6, 6.07) is 0. The highest BCUT2D eigenvalue weighted by atomic mass is 31.2. The molecule has 96 heavy (non-hydrogen) atoms. The van der Waals surface area contributed by atoms with Gasteiger partial charge in [0, 0.05) is 12.8 Å². The first-order valence-corrected chi connectivity index (χ1v) is 42.4. The van der Waals surface area contributed by atoms with Crippen molar-refractivity contribution in [2.75, 3.05) is 47.5 Å². The van der Waals surface area contributed by atoms with Gasteiger partial charge in [-0.15, -0.1) is 0 Å². The number of hydrogen-bond acceptors (Lipinski definition) is 8. The van der Waals surface area contributed by atoms with Crippen molar-refractivity contribution < 1.29 is 42.1 Å². The zero-order chi connectivity index (χ0) is 69.7. The molecule has 0 N–H and O–H groups in total. The summed E-state index contributed by atoms with van der Waals surface area (Å²) in [6.45, 7) is 4.17. The molecule has 0 aromatic heterocycles. The van der Waals surface area contributed by atoms with Gasteiger partial charge in [0.05, 0.1) is 27.7 Å². The minimum absolute atomic E-state index is 0.0304. The first kappa shape index (κ1) is 92.9. The van der Waals surface area contributed by atoms with Crippen LogP contribution in [0.2, 0.25) is 0 Å². The van der Waals surface area contributed by atoms with Crippen molar-refractivity contribution in [3.8, 4) is 0 Å². The molecule has 2 unspecified atom stereocenters. The number of esters is 2. The van der Waals surface area contributed by atoms with Crippen molar-refractivity contribution in [1.82, 2.24) is 0 Å². The van der Waals surface area contributed by atoms with Crippen LogP contribution in [0, 0.1) is 0 Å². The fourth-order valence-electron chi connectivity index (χ4n) is 11.9. The van der Waals surface area contributed by atoms with E-state index in [1.807, 2.05) is 21.1 Å². The largest absolute Gasteiger partial charge is 0.756 e. The van der Waals surface area contributed by atoms with E-state index >= 15 is 0 Å². The van der Waals surface area contributed by atoms with Gasteiger partial charge < -0.3 is 27.9 Å². The standard InChI is InChI=1S/C86H156NO8P/c1-6-8-10-12-14-16-18-20-22-24-26-28-30-32-34-36-38-40-41-42-43-44-45-47-49-51-53-55-57-59-61-63-65-67-69-71-73-75-77-79-86(89)95-84(83-94-96(90,91)93-81-80-87(3,4)5)82-92-85(88)78-76-74-72-70-68-66-64-62-60-58-56-54-52-50-48-46-39-37-35-33-31-29-27-25-23-21-19-17-15-13-11-9-7-2/h8,10,14,16,19-22,25-28,32,34,38,40,84H,6-7,9,11-13,15,17-18,23-24,29-31,33,35-37,39,41-83H2,1-5H3/b10-8-,16-14-,21-19-,22-20-,27-25-,28-26-,34-32-,40-38-. The van der Waals surface area contributed by atoms with Gasteiger partial charge in [0.25, 0.3) is 7.82 Å². The van der Waals surface area contributed by atoms with Crippen molar-refractivity contribution in [1.29, 1.82) is 0 Å². The van der Waals surface area contributed by atoms with Crippen molar-refractivity contribution >= 4 is 19.8 Å². The zero-order valence-corrected chi connectivity index (χ0v) is 64.7. The van der Waals surface area contributed by atoms with E-state index in [-0.39, 0.29) is 32.0 Å². The summed E-state index contributed by atoms with van der Waals surface area (Å²) in [6.07, 6.45) is 107. The van der Waals surface area contributed by atoms with Crippen LogP contribution in [-0.2, 0) is 32.7 Å². The Hall–Kier alpha value is -3.07. The Morgan fingerprint density at radius 3 is 0.885 bits per heavy atom.